The minimum atomic E-state index is 0. The molecule has 0 aliphatic carbocycles. The van der Waals surface area contributed by atoms with Crippen LogP contribution in [-0.2, 0) is 13.1 Å². The minimum absolute atomic E-state index is 0. The molecule has 0 heterocycles. The molecule has 0 unspecified atom stereocenters. The quantitative estimate of drug-likeness (QED) is 0.832. The highest BCUT2D eigenvalue weighted by molar-refractivity contribution is 5.85. The fourth-order valence-electron chi connectivity index (χ4n) is 2.22. The van der Waals surface area contributed by atoms with Gasteiger partial charge < -0.3 is 14.8 Å². The fourth-order valence-corrected chi connectivity index (χ4v) is 2.22. The van der Waals surface area contributed by atoms with E-state index in [1.807, 2.05) is 19.1 Å². The van der Waals surface area contributed by atoms with Crippen LogP contribution in [0.1, 0.15) is 23.6 Å². The summed E-state index contributed by atoms with van der Waals surface area (Å²) in [6.45, 7) is 6.30. The molecule has 0 radical (unpaired) electrons. The molecule has 0 saturated heterocycles. The zero-order valence-corrected chi connectivity index (χ0v) is 14.2. The van der Waals surface area contributed by atoms with Crippen LogP contribution in [0.3, 0.4) is 0 Å². The molecule has 120 valence electrons. The summed E-state index contributed by atoms with van der Waals surface area (Å²) in [7, 11) is 1.67. The van der Waals surface area contributed by atoms with Crippen molar-refractivity contribution in [3.63, 3.8) is 0 Å². The molecule has 2 rings (SSSR count). The van der Waals surface area contributed by atoms with Crippen molar-refractivity contribution in [3.05, 3.63) is 59.2 Å². The minimum Gasteiger partial charge on any atom is -0.493 e. The largest absolute Gasteiger partial charge is 0.493 e. The number of para-hydroxylation sites is 1. The number of rotatable bonds is 7. The predicted octanol–water partition coefficient (Wildman–Crippen LogP) is 4.11. The van der Waals surface area contributed by atoms with Gasteiger partial charge in [-0.2, -0.15) is 0 Å². The van der Waals surface area contributed by atoms with E-state index in [0.29, 0.717) is 6.61 Å². The first-order valence-electron chi connectivity index (χ1n) is 7.29. The molecule has 2 aromatic rings. The van der Waals surface area contributed by atoms with Crippen molar-refractivity contribution in [2.45, 2.75) is 26.9 Å². The van der Waals surface area contributed by atoms with E-state index in [0.717, 1.165) is 30.2 Å². The molecule has 2 aromatic carbocycles. The lowest BCUT2D eigenvalue weighted by molar-refractivity contribution is 0.306. The van der Waals surface area contributed by atoms with E-state index in [4.69, 9.17) is 9.47 Å². The molecule has 0 spiro atoms. The van der Waals surface area contributed by atoms with Crippen molar-refractivity contribution < 1.29 is 9.47 Å². The molecule has 0 atom stereocenters. The standard InChI is InChI=1S/C18H23NO2.ClH/c1-4-21-18-16(6-5-7-17(18)20-3)13-19-12-15-10-8-14(2)9-11-15;/h5-11,19H,4,12-13H2,1-3H3;1H. The molecule has 3 nitrogen and oxygen atoms in total. The lowest BCUT2D eigenvalue weighted by atomic mass is 10.1. The van der Waals surface area contributed by atoms with Crippen LogP contribution in [0.15, 0.2) is 42.5 Å². The number of ether oxygens (including phenoxy) is 2. The average Bonchev–Trinajstić information content (AvgIpc) is 2.51. The summed E-state index contributed by atoms with van der Waals surface area (Å²) < 4.78 is 11.1. The monoisotopic (exact) mass is 321 g/mol. The van der Waals surface area contributed by atoms with Crippen molar-refractivity contribution in [3.8, 4) is 11.5 Å². The maximum absolute atomic E-state index is 5.71. The van der Waals surface area contributed by atoms with Crippen LogP contribution in [0.2, 0.25) is 0 Å². The van der Waals surface area contributed by atoms with E-state index < -0.39 is 0 Å². The zero-order chi connectivity index (χ0) is 15.1. The lowest BCUT2D eigenvalue weighted by Gasteiger charge is -2.14. The number of nitrogens with one attached hydrogen (secondary N) is 1. The highest BCUT2D eigenvalue weighted by atomic mass is 35.5. The average molecular weight is 322 g/mol. The number of hydrogen-bond donors (Lipinski definition) is 1. The molecule has 0 amide bonds. The summed E-state index contributed by atoms with van der Waals surface area (Å²) in [4.78, 5) is 0. The van der Waals surface area contributed by atoms with Crippen molar-refractivity contribution in [2.75, 3.05) is 13.7 Å². The summed E-state index contributed by atoms with van der Waals surface area (Å²) in [5.41, 5.74) is 3.68. The van der Waals surface area contributed by atoms with Crippen LogP contribution in [0.5, 0.6) is 11.5 Å². The fraction of sp³-hybridized carbons (Fsp3) is 0.333. The number of halogens is 1. The van der Waals surface area contributed by atoms with E-state index in [1.165, 1.54) is 11.1 Å². The number of benzene rings is 2. The molecular formula is C18H24ClNO2. The van der Waals surface area contributed by atoms with Gasteiger partial charge in [0.2, 0.25) is 0 Å². The Kier molecular flexibility index (Phi) is 7.78. The van der Waals surface area contributed by atoms with E-state index in [1.54, 1.807) is 7.11 Å². The van der Waals surface area contributed by atoms with Gasteiger partial charge in [0.05, 0.1) is 13.7 Å². The van der Waals surface area contributed by atoms with Gasteiger partial charge in [0.1, 0.15) is 0 Å². The first kappa shape index (κ1) is 18.3. The molecule has 0 aliphatic rings. The molecule has 0 aliphatic heterocycles. The third kappa shape index (κ3) is 4.93. The molecule has 0 saturated carbocycles. The summed E-state index contributed by atoms with van der Waals surface area (Å²) in [6.07, 6.45) is 0. The first-order chi connectivity index (χ1) is 10.2. The van der Waals surface area contributed by atoms with Gasteiger partial charge in [-0.05, 0) is 25.5 Å². The second-order valence-corrected chi connectivity index (χ2v) is 4.97. The summed E-state index contributed by atoms with van der Waals surface area (Å²) >= 11 is 0. The highest BCUT2D eigenvalue weighted by Crippen LogP contribution is 2.31. The van der Waals surface area contributed by atoms with E-state index in [-0.39, 0.29) is 12.4 Å². The Morgan fingerprint density at radius 3 is 2.36 bits per heavy atom. The molecular weight excluding hydrogens is 298 g/mol. The Hall–Kier alpha value is -1.71. The predicted molar refractivity (Wildman–Crippen MR) is 93.1 cm³/mol. The van der Waals surface area contributed by atoms with Gasteiger partial charge >= 0.3 is 0 Å². The third-order valence-corrected chi connectivity index (χ3v) is 3.33. The Labute approximate surface area is 139 Å². The molecule has 1 N–H and O–H groups in total. The van der Waals surface area contributed by atoms with Gasteiger partial charge in [0.15, 0.2) is 11.5 Å². The van der Waals surface area contributed by atoms with E-state index in [2.05, 4.69) is 42.6 Å². The number of hydrogen-bond acceptors (Lipinski definition) is 3. The lowest BCUT2D eigenvalue weighted by Crippen LogP contribution is -2.14. The van der Waals surface area contributed by atoms with Gasteiger partial charge in [-0.15, -0.1) is 12.4 Å². The van der Waals surface area contributed by atoms with Crippen LogP contribution in [0.4, 0.5) is 0 Å². The van der Waals surface area contributed by atoms with Crippen molar-refractivity contribution >= 4 is 12.4 Å². The van der Waals surface area contributed by atoms with Crippen LogP contribution in [0.25, 0.3) is 0 Å². The third-order valence-electron chi connectivity index (χ3n) is 3.33. The maximum Gasteiger partial charge on any atom is 0.165 e. The van der Waals surface area contributed by atoms with Gasteiger partial charge in [-0.1, -0.05) is 42.0 Å². The second kappa shape index (κ2) is 9.34. The van der Waals surface area contributed by atoms with Gasteiger partial charge in [0.25, 0.3) is 0 Å². The van der Waals surface area contributed by atoms with Gasteiger partial charge in [-0.25, -0.2) is 0 Å². The first-order valence-corrected chi connectivity index (χ1v) is 7.29. The zero-order valence-electron chi connectivity index (χ0n) is 13.4. The second-order valence-electron chi connectivity index (χ2n) is 4.97. The molecule has 0 aromatic heterocycles. The van der Waals surface area contributed by atoms with Crippen LogP contribution in [-0.4, -0.2) is 13.7 Å². The maximum atomic E-state index is 5.71. The van der Waals surface area contributed by atoms with Crippen molar-refractivity contribution in [1.29, 1.82) is 0 Å². The van der Waals surface area contributed by atoms with Crippen molar-refractivity contribution in [2.24, 2.45) is 0 Å². The number of aryl methyl sites for hydroxylation is 1. The summed E-state index contributed by atoms with van der Waals surface area (Å²) in [6, 6.07) is 14.5. The van der Waals surface area contributed by atoms with Gasteiger partial charge in [-0.3, -0.25) is 0 Å². The van der Waals surface area contributed by atoms with Gasteiger partial charge in [0, 0.05) is 18.7 Å². The molecule has 4 heteroatoms. The van der Waals surface area contributed by atoms with Crippen molar-refractivity contribution in [1.82, 2.24) is 5.32 Å². The highest BCUT2D eigenvalue weighted by Gasteiger charge is 2.09. The number of methoxy groups -OCH3 is 1. The van der Waals surface area contributed by atoms with E-state index >= 15 is 0 Å². The Morgan fingerprint density at radius 1 is 1.00 bits per heavy atom. The SMILES string of the molecule is CCOc1c(CNCc2ccc(C)cc2)cccc1OC.Cl. The smallest absolute Gasteiger partial charge is 0.165 e. The summed E-state index contributed by atoms with van der Waals surface area (Å²) in [5, 5.41) is 3.45. The van der Waals surface area contributed by atoms with Crippen LogP contribution < -0.4 is 14.8 Å². The Bertz CT molecular complexity index is 570. The summed E-state index contributed by atoms with van der Waals surface area (Å²) in [5.74, 6) is 1.62. The topological polar surface area (TPSA) is 30.5 Å². The van der Waals surface area contributed by atoms with Crippen LogP contribution >= 0.6 is 12.4 Å². The molecule has 22 heavy (non-hydrogen) atoms. The normalized spacial score (nSPS) is 9.95. The molecule has 0 bridgehead atoms. The Morgan fingerprint density at radius 2 is 1.73 bits per heavy atom. The van der Waals surface area contributed by atoms with E-state index in [9.17, 15) is 0 Å². The molecule has 0 fully saturated rings. The van der Waals surface area contributed by atoms with Crippen LogP contribution in [0, 0.1) is 6.92 Å². The Balaban J connectivity index is 0.00000242.